The first-order valence-electron chi connectivity index (χ1n) is 16.8. The fourth-order valence-electron chi connectivity index (χ4n) is 8.15. The molecule has 8 aromatic rings. The molecular formula is C45H31N3O. The number of benzene rings is 7. The lowest BCUT2D eigenvalue weighted by Gasteiger charge is -2.29. The van der Waals surface area contributed by atoms with E-state index >= 15 is 0 Å². The molecule has 0 fully saturated rings. The Morgan fingerprint density at radius 2 is 1.00 bits per heavy atom. The minimum atomic E-state index is -0.250. The number of ether oxygens (including phenoxy) is 1. The van der Waals surface area contributed by atoms with Gasteiger partial charge in [0.2, 0.25) is 0 Å². The molecule has 0 radical (unpaired) electrons. The summed E-state index contributed by atoms with van der Waals surface area (Å²) in [4.78, 5) is 15.8. The van der Waals surface area contributed by atoms with Gasteiger partial charge in [0.25, 0.3) is 0 Å². The van der Waals surface area contributed by atoms with Gasteiger partial charge in [-0.3, -0.25) is 0 Å². The molecule has 4 heteroatoms. The summed E-state index contributed by atoms with van der Waals surface area (Å²) in [5.41, 5.74) is 11.4. The maximum Gasteiger partial charge on any atom is 0.164 e. The summed E-state index contributed by atoms with van der Waals surface area (Å²) in [6.07, 6.45) is 0. The van der Waals surface area contributed by atoms with Gasteiger partial charge in [0.05, 0.1) is 0 Å². The first-order valence-corrected chi connectivity index (χ1v) is 16.8. The van der Waals surface area contributed by atoms with Crippen LogP contribution >= 0.6 is 0 Å². The van der Waals surface area contributed by atoms with Crippen molar-refractivity contribution < 1.29 is 4.74 Å². The number of fused-ring (bicyclic) bond motifs is 9. The van der Waals surface area contributed by atoms with Crippen LogP contribution in [0, 0.1) is 0 Å². The molecule has 0 amide bonds. The van der Waals surface area contributed by atoms with Gasteiger partial charge in [-0.15, -0.1) is 0 Å². The third-order valence-electron chi connectivity index (χ3n) is 10.4. The molecule has 0 saturated heterocycles. The van der Waals surface area contributed by atoms with Gasteiger partial charge in [0.1, 0.15) is 12.4 Å². The molecule has 0 saturated carbocycles. The van der Waals surface area contributed by atoms with Crippen LogP contribution in [0.4, 0.5) is 0 Å². The highest BCUT2D eigenvalue weighted by molar-refractivity contribution is 6.00. The molecule has 0 spiro atoms. The van der Waals surface area contributed by atoms with Crippen LogP contribution in [0.25, 0.3) is 78.0 Å². The van der Waals surface area contributed by atoms with Crippen LogP contribution in [0.3, 0.4) is 0 Å². The molecule has 0 unspecified atom stereocenters. The number of hydrogen-bond donors (Lipinski definition) is 0. The summed E-state index contributed by atoms with van der Waals surface area (Å²) in [6.45, 7) is 5.25. The highest BCUT2D eigenvalue weighted by atomic mass is 16.5. The Kier molecular flexibility index (Phi) is 5.95. The van der Waals surface area contributed by atoms with Crippen molar-refractivity contribution in [3.05, 3.63) is 156 Å². The number of nitrogens with zero attached hydrogens (tertiary/aromatic N) is 3. The highest BCUT2D eigenvalue weighted by Crippen LogP contribution is 2.57. The van der Waals surface area contributed by atoms with Crippen molar-refractivity contribution in [1.29, 1.82) is 0 Å². The lowest BCUT2D eigenvalue weighted by Crippen LogP contribution is -2.18. The zero-order chi connectivity index (χ0) is 32.7. The second kappa shape index (κ2) is 10.4. The van der Waals surface area contributed by atoms with Crippen molar-refractivity contribution in [1.82, 2.24) is 15.0 Å². The van der Waals surface area contributed by atoms with E-state index in [0.717, 1.165) is 49.5 Å². The van der Waals surface area contributed by atoms with Crippen molar-refractivity contribution in [3.63, 3.8) is 0 Å². The van der Waals surface area contributed by atoms with Crippen molar-refractivity contribution in [2.75, 3.05) is 0 Å². The van der Waals surface area contributed by atoms with Crippen LogP contribution in [0.5, 0.6) is 5.75 Å². The Balaban J connectivity index is 1.26. The van der Waals surface area contributed by atoms with Gasteiger partial charge >= 0.3 is 0 Å². The standard InChI is InChI=1S/C45H31N3O/c1-45(2)37-22-11-21-36(40(37)35-25-24-29-26-49-38-23-8-7-18-34(38)39(29)41(35)45)44-47-42(32-19-9-14-27-12-3-5-16-30(27)32)46-43(48-44)33-20-10-15-28-13-4-6-17-31(28)33/h3-25H,26H2,1-2H3. The summed E-state index contributed by atoms with van der Waals surface area (Å²) in [5.74, 6) is 2.93. The molecule has 2 aliphatic rings. The van der Waals surface area contributed by atoms with Crippen molar-refractivity contribution >= 4 is 21.5 Å². The van der Waals surface area contributed by atoms with Crippen LogP contribution in [0.2, 0.25) is 0 Å². The number of aromatic nitrogens is 3. The van der Waals surface area contributed by atoms with Gasteiger partial charge in [0.15, 0.2) is 17.5 Å². The normalized spacial score (nSPS) is 13.8. The van der Waals surface area contributed by atoms with Crippen molar-refractivity contribution in [2.24, 2.45) is 0 Å². The van der Waals surface area contributed by atoms with Crippen LogP contribution in [0.15, 0.2) is 140 Å². The maximum atomic E-state index is 6.19. The molecule has 0 atom stereocenters. The predicted octanol–water partition coefficient (Wildman–Crippen LogP) is 11.0. The quantitative estimate of drug-likeness (QED) is 0.195. The molecule has 232 valence electrons. The molecule has 1 aliphatic heterocycles. The van der Waals surface area contributed by atoms with Gasteiger partial charge < -0.3 is 4.74 Å². The molecule has 2 heterocycles. The molecule has 10 rings (SSSR count). The maximum absolute atomic E-state index is 6.19. The molecule has 49 heavy (non-hydrogen) atoms. The van der Waals surface area contributed by atoms with Gasteiger partial charge in [-0.25, -0.2) is 15.0 Å². The summed E-state index contributed by atoms with van der Waals surface area (Å²) in [6, 6.07) is 49.1. The first-order chi connectivity index (χ1) is 24.1. The number of rotatable bonds is 3. The van der Waals surface area contributed by atoms with Gasteiger partial charge in [-0.2, -0.15) is 0 Å². The van der Waals surface area contributed by atoms with Crippen LogP contribution in [-0.2, 0) is 12.0 Å². The Labute approximate surface area is 284 Å². The van der Waals surface area contributed by atoms with E-state index in [2.05, 4.69) is 147 Å². The summed E-state index contributed by atoms with van der Waals surface area (Å²) < 4.78 is 6.19. The topological polar surface area (TPSA) is 47.9 Å². The third kappa shape index (κ3) is 4.14. The zero-order valence-corrected chi connectivity index (χ0v) is 27.2. The Hall–Kier alpha value is -6.13. The SMILES string of the molecule is CC1(C)c2cccc(-c3nc(-c4cccc5ccccc45)nc(-c4cccc5ccccc45)n3)c2-c2ccc3c(c21)-c1ccccc1OC3. The largest absolute Gasteiger partial charge is 0.488 e. The average molecular weight is 630 g/mol. The molecule has 0 bridgehead atoms. The van der Waals surface area contributed by atoms with Crippen LogP contribution < -0.4 is 4.74 Å². The third-order valence-corrected chi connectivity index (χ3v) is 10.4. The minimum absolute atomic E-state index is 0.250. The summed E-state index contributed by atoms with van der Waals surface area (Å²) in [5, 5.41) is 4.53. The molecular weight excluding hydrogens is 599 g/mol. The molecule has 1 aromatic heterocycles. The Bertz CT molecular complexity index is 2550. The van der Waals surface area contributed by atoms with E-state index in [9.17, 15) is 0 Å². The zero-order valence-electron chi connectivity index (χ0n) is 27.2. The second-order valence-electron chi connectivity index (χ2n) is 13.5. The van der Waals surface area contributed by atoms with E-state index in [1.165, 1.54) is 33.4 Å². The fraction of sp³-hybridized carbons (Fsp3) is 0.0889. The second-order valence-corrected chi connectivity index (χ2v) is 13.5. The van der Waals surface area contributed by atoms with Crippen molar-refractivity contribution in [3.8, 4) is 62.2 Å². The van der Waals surface area contributed by atoms with Crippen LogP contribution in [-0.4, -0.2) is 15.0 Å². The molecule has 1 aliphatic carbocycles. The Morgan fingerprint density at radius 1 is 0.469 bits per heavy atom. The summed E-state index contributed by atoms with van der Waals surface area (Å²) >= 11 is 0. The van der Waals surface area contributed by atoms with Crippen LogP contribution in [0.1, 0.15) is 30.5 Å². The lowest BCUT2D eigenvalue weighted by atomic mass is 9.77. The van der Waals surface area contributed by atoms with Gasteiger partial charge in [0, 0.05) is 27.7 Å². The van der Waals surface area contributed by atoms with Gasteiger partial charge in [-0.1, -0.05) is 147 Å². The molecule has 4 nitrogen and oxygen atoms in total. The monoisotopic (exact) mass is 629 g/mol. The lowest BCUT2D eigenvalue weighted by molar-refractivity contribution is 0.302. The average Bonchev–Trinajstić information content (AvgIpc) is 3.40. The number of hydrogen-bond acceptors (Lipinski definition) is 4. The van der Waals surface area contributed by atoms with E-state index in [1.807, 2.05) is 6.07 Å². The fourth-order valence-corrected chi connectivity index (χ4v) is 8.15. The highest BCUT2D eigenvalue weighted by Gasteiger charge is 2.41. The van der Waals surface area contributed by atoms with Crippen molar-refractivity contribution in [2.45, 2.75) is 25.9 Å². The van der Waals surface area contributed by atoms with Gasteiger partial charge in [-0.05, 0) is 61.0 Å². The predicted molar refractivity (Wildman–Crippen MR) is 198 cm³/mol. The van der Waals surface area contributed by atoms with E-state index in [1.54, 1.807) is 0 Å². The minimum Gasteiger partial charge on any atom is -0.488 e. The Morgan fingerprint density at radius 3 is 1.69 bits per heavy atom. The smallest absolute Gasteiger partial charge is 0.164 e. The van der Waals surface area contributed by atoms with E-state index in [0.29, 0.717) is 24.1 Å². The molecule has 7 aromatic carbocycles. The van der Waals surface area contributed by atoms with E-state index < -0.39 is 0 Å². The first kappa shape index (κ1) is 27.9. The van der Waals surface area contributed by atoms with E-state index in [4.69, 9.17) is 19.7 Å². The van der Waals surface area contributed by atoms with E-state index in [-0.39, 0.29) is 5.41 Å². The number of para-hydroxylation sites is 1. The summed E-state index contributed by atoms with van der Waals surface area (Å²) in [7, 11) is 0. The molecule has 0 N–H and O–H groups in total.